The predicted octanol–water partition coefficient (Wildman–Crippen LogP) is 8.21. The van der Waals surface area contributed by atoms with E-state index in [2.05, 4.69) is 19.2 Å². The van der Waals surface area contributed by atoms with Crippen LogP contribution in [0.5, 0.6) is 17.2 Å². The number of nitrogens with zero attached hydrogens (tertiary/aromatic N) is 1. The molecule has 3 aromatic carbocycles. The molecule has 0 saturated carbocycles. The fraction of sp³-hybridized carbons (Fsp3) is 0.207. The van der Waals surface area contributed by atoms with Gasteiger partial charge < -0.3 is 19.2 Å². The highest BCUT2D eigenvalue weighted by Gasteiger charge is 2.17. The lowest BCUT2D eigenvalue weighted by Crippen LogP contribution is -2.11. The van der Waals surface area contributed by atoms with Crippen molar-refractivity contribution in [3.8, 4) is 17.2 Å². The third-order valence-electron chi connectivity index (χ3n) is 5.77. The van der Waals surface area contributed by atoms with E-state index in [9.17, 15) is 14.9 Å². The van der Waals surface area contributed by atoms with Crippen molar-refractivity contribution in [2.75, 3.05) is 5.32 Å². The zero-order valence-electron chi connectivity index (χ0n) is 21.4. The second-order valence-corrected chi connectivity index (χ2v) is 9.63. The monoisotopic (exact) mass is 534 g/mol. The van der Waals surface area contributed by atoms with Gasteiger partial charge >= 0.3 is 0 Å². The van der Waals surface area contributed by atoms with Crippen molar-refractivity contribution < 1.29 is 23.6 Å². The molecule has 0 unspecified atom stereocenters. The summed E-state index contributed by atoms with van der Waals surface area (Å²) in [6.45, 7) is 8.13. The van der Waals surface area contributed by atoms with E-state index < -0.39 is 10.8 Å². The number of halogens is 1. The molecule has 38 heavy (non-hydrogen) atoms. The van der Waals surface area contributed by atoms with Crippen molar-refractivity contribution in [3.63, 3.8) is 0 Å². The van der Waals surface area contributed by atoms with E-state index >= 15 is 0 Å². The lowest BCUT2D eigenvalue weighted by atomic mass is 10.0. The number of furan rings is 1. The Morgan fingerprint density at radius 1 is 1.03 bits per heavy atom. The molecule has 9 heteroatoms. The van der Waals surface area contributed by atoms with Crippen molar-refractivity contribution in [3.05, 3.63) is 110 Å². The summed E-state index contributed by atoms with van der Waals surface area (Å²) >= 11 is 6.00. The first-order valence-corrected chi connectivity index (χ1v) is 12.3. The lowest BCUT2D eigenvalue weighted by molar-refractivity contribution is -0.384. The Morgan fingerprint density at radius 2 is 1.82 bits per heavy atom. The summed E-state index contributed by atoms with van der Waals surface area (Å²) in [4.78, 5) is 23.8. The highest BCUT2D eigenvalue weighted by Crippen LogP contribution is 2.33. The molecule has 0 aliphatic heterocycles. The van der Waals surface area contributed by atoms with Gasteiger partial charge in [0.2, 0.25) is 0 Å². The van der Waals surface area contributed by atoms with Crippen LogP contribution in [0.25, 0.3) is 0 Å². The number of hydrogen-bond acceptors (Lipinski definition) is 6. The van der Waals surface area contributed by atoms with Crippen LogP contribution in [0.15, 0.2) is 71.1 Å². The van der Waals surface area contributed by atoms with Gasteiger partial charge in [-0.05, 0) is 72.9 Å². The van der Waals surface area contributed by atoms with Crippen LogP contribution in [-0.2, 0) is 6.61 Å². The zero-order valence-corrected chi connectivity index (χ0v) is 22.2. The van der Waals surface area contributed by atoms with Gasteiger partial charge in [0.15, 0.2) is 5.76 Å². The van der Waals surface area contributed by atoms with Gasteiger partial charge in [-0.1, -0.05) is 37.6 Å². The van der Waals surface area contributed by atoms with E-state index in [1.165, 1.54) is 24.3 Å². The first kappa shape index (κ1) is 26.8. The Hall–Kier alpha value is -4.30. The molecule has 0 aliphatic rings. The summed E-state index contributed by atoms with van der Waals surface area (Å²) in [6.07, 6.45) is 0. The molecule has 0 spiro atoms. The number of nitro groups is 1. The third-order valence-corrected chi connectivity index (χ3v) is 6.01. The van der Waals surface area contributed by atoms with Crippen molar-refractivity contribution in [1.82, 2.24) is 0 Å². The Balaban J connectivity index is 1.48. The molecule has 4 aromatic rings. The van der Waals surface area contributed by atoms with E-state index in [4.69, 9.17) is 25.5 Å². The standard InChI is InChI=1S/C29H27ClN2O6/c1-17(2)25-8-5-18(3)11-28(25)36-16-23-7-10-27(37-23)29(33)31-21-13-22(32(34)35)15-24(14-21)38-26-9-6-20(30)12-19(26)4/h5-15,17H,16H2,1-4H3,(H,31,33). The topological polar surface area (TPSA) is 104 Å². The van der Waals surface area contributed by atoms with Crippen molar-refractivity contribution in [2.45, 2.75) is 40.2 Å². The van der Waals surface area contributed by atoms with Crippen molar-refractivity contribution in [1.29, 1.82) is 0 Å². The van der Waals surface area contributed by atoms with Gasteiger partial charge in [-0.15, -0.1) is 0 Å². The SMILES string of the molecule is Cc1ccc(C(C)C)c(OCc2ccc(C(=O)Nc3cc(Oc4ccc(Cl)cc4C)cc([N+](=O)[O-])c3)o2)c1. The maximum Gasteiger partial charge on any atom is 0.291 e. The molecule has 1 aromatic heterocycles. The van der Waals surface area contributed by atoms with Crippen LogP contribution < -0.4 is 14.8 Å². The molecule has 0 atom stereocenters. The van der Waals surface area contributed by atoms with Crippen LogP contribution in [0.3, 0.4) is 0 Å². The number of rotatable bonds is 9. The lowest BCUT2D eigenvalue weighted by Gasteiger charge is -2.14. The van der Waals surface area contributed by atoms with Crippen LogP contribution in [0.2, 0.25) is 5.02 Å². The van der Waals surface area contributed by atoms with E-state index in [0.29, 0.717) is 16.5 Å². The maximum atomic E-state index is 12.9. The first-order valence-electron chi connectivity index (χ1n) is 12.0. The van der Waals surface area contributed by atoms with E-state index in [1.54, 1.807) is 24.3 Å². The highest BCUT2D eigenvalue weighted by molar-refractivity contribution is 6.30. The van der Waals surface area contributed by atoms with Gasteiger partial charge in [0.25, 0.3) is 11.6 Å². The number of aryl methyl sites for hydroxylation is 2. The molecule has 0 fully saturated rings. The number of carbonyl (C=O) groups excluding carboxylic acids is 1. The fourth-order valence-corrected chi connectivity index (χ4v) is 4.06. The minimum Gasteiger partial charge on any atom is -0.485 e. The second kappa shape index (κ2) is 11.4. The number of anilines is 1. The predicted molar refractivity (Wildman–Crippen MR) is 146 cm³/mol. The summed E-state index contributed by atoms with van der Waals surface area (Å²) in [5.74, 6) is 1.67. The van der Waals surface area contributed by atoms with Gasteiger partial charge in [-0.25, -0.2) is 0 Å². The average molecular weight is 535 g/mol. The van der Waals surface area contributed by atoms with Crippen molar-refractivity contribution >= 4 is 28.9 Å². The number of benzene rings is 3. The first-order chi connectivity index (χ1) is 18.1. The van der Waals surface area contributed by atoms with Gasteiger partial charge in [0.1, 0.15) is 29.6 Å². The van der Waals surface area contributed by atoms with Crippen LogP contribution in [0.4, 0.5) is 11.4 Å². The van der Waals surface area contributed by atoms with Crippen LogP contribution in [0.1, 0.15) is 52.8 Å². The quantitative estimate of drug-likeness (QED) is 0.171. The maximum absolute atomic E-state index is 12.9. The average Bonchev–Trinajstić information content (AvgIpc) is 3.33. The normalized spacial score (nSPS) is 10.9. The molecule has 4 rings (SSSR count). The fourth-order valence-electron chi connectivity index (χ4n) is 3.84. The number of nitrogens with one attached hydrogen (secondary N) is 1. The number of nitro benzene ring substituents is 1. The summed E-state index contributed by atoms with van der Waals surface area (Å²) in [7, 11) is 0. The summed E-state index contributed by atoms with van der Waals surface area (Å²) in [6, 6.07) is 18.3. The summed E-state index contributed by atoms with van der Waals surface area (Å²) in [5, 5.41) is 14.7. The minimum absolute atomic E-state index is 0.0412. The molecular formula is C29H27ClN2O6. The Kier molecular flexibility index (Phi) is 8.02. The molecule has 0 saturated heterocycles. The Morgan fingerprint density at radius 3 is 2.53 bits per heavy atom. The number of hydrogen-bond donors (Lipinski definition) is 1. The van der Waals surface area contributed by atoms with E-state index in [0.717, 1.165) is 22.4 Å². The van der Waals surface area contributed by atoms with E-state index in [-0.39, 0.29) is 35.4 Å². The molecule has 196 valence electrons. The van der Waals surface area contributed by atoms with Gasteiger partial charge in [0.05, 0.1) is 16.7 Å². The summed E-state index contributed by atoms with van der Waals surface area (Å²) < 4.78 is 17.5. The van der Waals surface area contributed by atoms with Gasteiger partial charge in [-0.3, -0.25) is 14.9 Å². The molecule has 0 radical (unpaired) electrons. The number of amides is 1. The van der Waals surface area contributed by atoms with Gasteiger partial charge in [0, 0.05) is 17.2 Å². The zero-order chi connectivity index (χ0) is 27.4. The van der Waals surface area contributed by atoms with Crippen LogP contribution in [-0.4, -0.2) is 10.8 Å². The number of non-ortho nitro benzene ring substituents is 1. The second-order valence-electron chi connectivity index (χ2n) is 9.19. The van der Waals surface area contributed by atoms with Gasteiger partial charge in [-0.2, -0.15) is 0 Å². The van der Waals surface area contributed by atoms with E-state index in [1.807, 2.05) is 32.0 Å². The Labute approximate surface area is 225 Å². The molecule has 8 nitrogen and oxygen atoms in total. The smallest absolute Gasteiger partial charge is 0.291 e. The molecule has 0 bridgehead atoms. The summed E-state index contributed by atoms with van der Waals surface area (Å²) in [5.41, 5.74) is 2.86. The Bertz CT molecular complexity index is 1490. The third kappa shape index (κ3) is 6.52. The highest BCUT2D eigenvalue weighted by atomic mass is 35.5. The molecule has 1 heterocycles. The largest absolute Gasteiger partial charge is 0.485 e. The molecule has 1 N–H and O–H groups in total. The van der Waals surface area contributed by atoms with Crippen LogP contribution >= 0.6 is 11.6 Å². The van der Waals surface area contributed by atoms with Crippen molar-refractivity contribution in [2.24, 2.45) is 0 Å². The minimum atomic E-state index is -0.566. The molecule has 1 amide bonds. The number of carbonyl (C=O) groups is 1. The molecule has 0 aliphatic carbocycles. The number of ether oxygens (including phenoxy) is 2. The van der Waals surface area contributed by atoms with Crippen LogP contribution in [0, 0.1) is 24.0 Å². The molecular weight excluding hydrogens is 508 g/mol.